The molecule has 3 unspecified atom stereocenters. The molecule has 40 heavy (non-hydrogen) atoms. The summed E-state index contributed by atoms with van der Waals surface area (Å²) in [5, 5.41) is 1.91. The third-order valence-electron chi connectivity index (χ3n) is 8.68. The van der Waals surface area contributed by atoms with Crippen LogP contribution in [0.2, 0.25) is 0 Å². The second-order valence-corrected chi connectivity index (χ2v) is 12.0. The Kier molecular flexibility index (Phi) is 8.46. The Morgan fingerprint density at radius 1 is 0.900 bits per heavy atom. The van der Waals surface area contributed by atoms with E-state index in [1.165, 1.54) is 6.42 Å². The van der Waals surface area contributed by atoms with E-state index in [2.05, 4.69) is 27.7 Å². The van der Waals surface area contributed by atoms with Crippen molar-refractivity contribution in [3.05, 3.63) is 71.8 Å². The standard InChI is InChI=1S/C34H40O6/c1-5-34(19-37-20-34)21-38-29-14-11-25-17-27(8-7-26(25)18-29)33(36)39-28-12-9-24(10-13-28)32(35)40-31-16-23(4)6-15-30(31)22(2)3/h7-14,17-18,22-23,30-31H,5-6,15-16,19-21H2,1-4H3. The lowest BCUT2D eigenvalue weighted by molar-refractivity contribution is -0.133. The van der Waals surface area contributed by atoms with Crippen molar-refractivity contribution < 1.29 is 28.5 Å². The van der Waals surface area contributed by atoms with Crippen LogP contribution < -0.4 is 9.47 Å². The summed E-state index contributed by atoms with van der Waals surface area (Å²) in [6.45, 7) is 10.9. The third kappa shape index (κ3) is 6.33. The van der Waals surface area contributed by atoms with Gasteiger partial charge in [0.2, 0.25) is 0 Å². The predicted molar refractivity (Wildman–Crippen MR) is 155 cm³/mol. The number of hydrogen-bond donors (Lipinski definition) is 0. The Labute approximate surface area is 237 Å². The summed E-state index contributed by atoms with van der Waals surface area (Å²) in [6, 6.07) is 17.9. The van der Waals surface area contributed by atoms with Crippen LogP contribution in [0.4, 0.5) is 0 Å². The highest BCUT2D eigenvalue weighted by Gasteiger charge is 2.37. The molecule has 0 aromatic heterocycles. The smallest absolute Gasteiger partial charge is 0.343 e. The minimum atomic E-state index is -0.455. The van der Waals surface area contributed by atoms with E-state index in [0.717, 1.165) is 49.0 Å². The molecule has 1 aliphatic heterocycles. The van der Waals surface area contributed by atoms with Gasteiger partial charge in [0.15, 0.2) is 0 Å². The lowest BCUT2D eigenvalue weighted by atomic mass is 9.75. The van der Waals surface area contributed by atoms with Gasteiger partial charge in [-0.05, 0) is 96.3 Å². The van der Waals surface area contributed by atoms with E-state index in [1.54, 1.807) is 30.3 Å². The van der Waals surface area contributed by atoms with Crippen molar-refractivity contribution in [1.29, 1.82) is 0 Å². The number of esters is 2. The van der Waals surface area contributed by atoms with E-state index < -0.39 is 5.97 Å². The van der Waals surface area contributed by atoms with Crippen molar-refractivity contribution in [2.24, 2.45) is 23.2 Å². The molecule has 2 fully saturated rings. The van der Waals surface area contributed by atoms with Crippen LogP contribution in [0.25, 0.3) is 10.8 Å². The summed E-state index contributed by atoms with van der Waals surface area (Å²) in [6.07, 6.45) is 4.13. The fraction of sp³-hybridized carbons (Fsp3) is 0.471. The average molecular weight is 545 g/mol. The Morgan fingerprint density at radius 2 is 1.57 bits per heavy atom. The summed E-state index contributed by atoms with van der Waals surface area (Å²) < 4.78 is 23.0. The third-order valence-corrected chi connectivity index (χ3v) is 8.68. The number of carbonyl (C=O) groups excluding carboxylic acids is 2. The van der Waals surface area contributed by atoms with Gasteiger partial charge < -0.3 is 18.9 Å². The van der Waals surface area contributed by atoms with Gasteiger partial charge in [0.25, 0.3) is 0 Å². The van der Waals surface area contributed by atoms with E-state index in [0.29, 0.717) is 41.2 Å². The van der Waals surface area contributed by atoms with Crippen molar-refractivity contribution >= 4 is 22.7 Å². The molecule has 1 heterocycles. The van der Waals surface area contributed by atoms with Crippen LogP contribution in [0.15, 0.2) is 60.7 Å². The van der Waals surface area contributed by atoms with E-state index in [4.69, 9.17) is 18.9 Å². The highest BCUT2D eigenvalue weighted by Crippen LogP contribution is 2.36. The summed E-state index contributed by atoms with van der Waals surface area (Å²) in [5.41, 5.74) is 1.03. The SMILES string of the molecule is CCC1(COc2ccc3cc(C(=O)Oc4ccc(C(=O)OC5CC(C)CCC5C(C)C)cc4)ccc3c2)COC1. The Morgan fingerprint density at radius 3 is 2.25 bits per heavy atom. The monoisotopic (exact) mass is 544 g/mol. The molecule has 0 N–H and O–H groups in total. The first-order valence-electron chi connectivity index (χ1n) is 14.5. The number of carbonyl (C=O) groups is 2. The van der Waals surface area contributed by atoms with Crippen LogP contribution >= 0.6 is 0 Å². The lowest BCUT2D eigenvalue weighted by Crippen LogP contribution is -2.46. The van der Waals surface area contributed by atoms with E-state index in [1.807, 2.05) is 30.3 Å². The molecule has 0 radical (unpaired) electrons. The molecule has 6 nitrogen and oxygen atoms in total. The van der Waals surface area contributed by atoms with Crippen LogP contribution in [-0.4, -0.2) is 37.9 Å². The largest absolute Gasteiger partial charge is 0.493 e. The minimum absolute atomic E-state index is 0.0605. The molecule has 3 aromatic rings. The number of benzene rings is 3. The van der Waals surface area contributed by atoms with E-state index in [-0.39, 0.29) is 17.5 Å². The van der Waals surface area contributed by atoms with Crippen molar-refractivity contribution in [2.45, 2.75) is 59.5 Å². The van der Waals surface area contributed by atoms with Gasteiger partial charge in [0, 0.05) is 0 Å². The maximum Gasteiger partial charge on any atom is 0.343 e. The number of hydrogen-bond acceptors (Lipinski definition) is 6. The van der Waals surface area contributed by atoms with Gasteiger partial charge in [-0.2, -0.15) is 0 Å². The van der Waals surface area contributed by atoms with Crippen molar-refractivity contribution in [2.75, 3.05) is 19.8 Å². The van der Waals surface area contributed by atoms with Crippen LogP contribution in [0.1, 0.15) is 74.1 Å². The number of ether oxygens (including phenoxy) is 4. The second-order valence-electron chi connectivity index (χ2n) is 12.0. The molecule has 0 spiro atoms. The van der Waals surface area contributed by atoms with Gasteiger partial charge in [-0.25, -0.2) is 9.59 Å². The van der Waals surface area contributed by atoms with Gasteiger partial charge in [0.1, 0.15) is 17.6 Å². The predicted octanol–water partition coefficient (Wildman–Crippen LogP) is 7.48. The lowest BCUT2D eigenvalue weighted by Gasteiger charge is -2.40. The quantitative estimate of drug-likeness (QED) is 0.205. The normalized spacial score (nSPS) is 22.0. The Bertz CT molecular complexity index is 1330. The van der Waals surface area contributed by atoms with Gasteiger partial charge in [-0.1, -0.05) is 46.2 Å². The summed E-state index contributed by atoms with van der Waals surface area (Å²) >= 11 is 0. The van der Waals surface area contributed by atoms with Crippen LogP contribution in [-0.2, 0) is 9.47 Å². The number of rotatable bonds is 9. The molecule has 212 valence electrons. The zero-order valence-electron chi connectivity index (χ0n) is 24.0. The first kappa shape index (κ1) is 28.2. The maximum absolute atomic E-state index is 12.9. The van der Waals surface area contributed by atoms with Crippen LogP contribution in [0.3, 0.4) is 0 Å². The second kappa shape index (κ2) is 12.0. The fourth-order valence-corrected chi connectivity index (χ4v) is 5.74. The van der Waals surface area contributed by atoms with Crippen molar-refractivity contribution in [3.63, 3.8) is 0 Å². The molecule has 5 rings (SSSR count). The van der Waals surface area contributed by atoms with E-state index >= 15 is 0 Å². The average Bonchev–Trinajstić information content (AvgIpc) is 2.92. The maximum atomic E-state index is 12.9. The number of fused-ring (bicyclic) bond motifs is 1. The molecular weight excluding hydrogens is 504 g/mol. The van der Waals surface area contributed by atoms with Crippen molar-refractivity contribution in [3.8, 4) is 11.5 Å². The van der Waals surface area contributed by atoms with Gasteiger partial charge in [-0.3, -0.25) is 0 Å². The molecule has 2 aliphatic rings. The molecule has 6 heteroatoms. The molecular formula is C34H40O6. The molecule has 1 saturated heterocycles. The minimum Gasteiger partial charge on any atom is -0.493 e. The summed E-state index contributed by atoms with van der Waals surface area (Å²) in [5.74, 6) is 1.81. The molecule has 3 atom stereocenters. The summed E-state index contributed by atoms with van der Waals surface area (Å²) in [7, 11) is 0. The highest BCUT2D eigenvalue weighted by atomic mass is 16.5. The van der Waals surface area contributed by atoms with Gasteiger partial charge in [0.05, 0.1) is 36.4 Å². The highest BCUT2D eigenvalue weighted by molar-refractivity contribution is 5.97. The zero-order chi connectivity index (χ0) is 28.3. The molecule has 0 amide bonds. The molecule has 1 aliphatic carbocycles. The summed E-state index contributed by atoms with van der Waals surface area (Å²) in [4.78, 5) is 25.7. The van der Waals surface area contributed by atoms with Crippen molar-refractivity contribution in [1.82, 2.24) is 0 Å². The zero-order valence-corrected chi connectivity index (χ0v) is 24.0. The van der Waals surface area contributed by atoms with Crippen LogP contribution in [0.5, 0.6) is 11.5 Å². The first-order chi connectivity index (χ1) is 19.2. The topological polar surface area (TPSA) is 71.1 Å². The molecule has 1 saturated carbocycles. The van der Waals surface area contributed by atoms with E-state index in [9.17, 15) is 9.59 Å². The fourth-order valence-electron chi connectivity index (χ4n) is 5.74. The Hall–Kier alpha value is -3.38. The van der Waals surface area contributed by atoms with Gasteiger partial charge in [-0.15, -0.1) is 0 Å². The Balaban J connectivity index is 1.19. The van der Waals surface area contributed by atoms with Gasteiger partial charge >= 0.3 is 11.9 Å². The molecule has 0 bridgehead atoms. The molecule has 3 aromatic carbocycles. The first-order valence-corrected chi connectivity index (χ1v) is 14.5. The van der Waals surface area contributed by atoms with Crippen LogP contribution in [0, 0.1) is 23.2 Å².